The summed E-state index contributed by atoms with van der Waals surface area (Å²) in [5.41, 5.74) is 1.01. The van der Waals surface area contributed by atoms with Crippen molar-refractivity contribution in [3.63, 3.8) is 0 Å². The van der Waals surface area contributed by atoms with Crippen molar-refractivity contribution in [3.05, 3.63) is 23.8 Å². The molecule has 1 aromatic carbocycles. The number of carbonyl (C=O) groups is 1. The van der Waals surface area contributed by atoms with Gasteiger partial charge in [-0.3, -0.25) is 0 Å². The fourth-order valence-corrected chi connectivity index (χ4v) is 1.30. The molecule has 0 aromatic heterocycles. The van der Waals surface area contributed by atoms with E-state index < -0.39 is 12.1 Å². The van der Waals surface area contributed by atoms with Crippen molar-refractivity contribution in [1.82, 2.24) is 0 Å². The first-order valence-electron chi connectivity index (χ1n) is 4.30. The quantitative estimate of drug-likeness (QED) is 0.730. The Morgan fingerprint density at radius 3 is 3.00 bits per heavy atom. The second-order valence-corrected chi connectivity index (χ2v) is 3.21. The maximum absolute atomic E-state index is 10.6. The molecule has 1 N–H and O–H groups in total. The normalized spacial score (nSPS) is 19.1. The van der Waals surface area contributed by atoms with Gasteiger partial charge in [0.15, 0.2) is 11.5 Å². The van der Waals surface area contributed by atoms with Crippen LogP contribution < -0.4 is 9.47 Å². The molecule has 4 heteroatoms. The van der Waals surface area contributed by atoms with Crippen LogP contribution in [-0.2, 0) is 4.79 Å². The van der Waals surface area contributed by atoms with Gasteiger partial charge in [-0.15, -0.1) is 0 Å². The SMILES string of the molecule is Cc1ccc2c(c1)OC(C(=O)O)CO2. The van der Waals surface area contributed by atoms with Crippen molar-refractivity contribution < 1.29 is 19.4 Å². The van der Waals surface area contributed by atoms with Crippen LogP contribution in [0.25, 0.3) is 0 Å². The summed E-state index contributed by atoms with van der Waals surface area (Å²) in [5, 5.41) is 8.73. The average Bonchev–Trinajstić information content (AvgIpc) is 2.16. The Hall–Kier alpha value is -1.71. The number of aryl methyl sites for hydroxylation is 1. The predicted molar refractivity (Wildman–Crippen MR) is 48.7 cm³/mol. The van der Waals surface area contributed by atoms with Gasteiger partial charge >= 0.3 is 5.97 Å². The van der Waals surface area contributed by atoms with Crippen molar-refractivity contribution in [2.75, 3.05) is 6.61 Å². The van der Waals surface area contributed by atoms with Crippen molar-refractivity contribution in [1.29, 1.82) is 0 Å². The third kappa shape index (κ3) is 1.51. The molecule has 1 aliphatic rings. The van der Waals surface area contributed by atoms with Crippen LogP contribution >= 0.6 is 0 Å². The molecule has 1 heterocycles. The Labute approximate surface area is 81.1 Å². The van der Waals surface area contributed by atoms with Crippen LogP contribution in [0.5, 0.6) is 11.5 Å². The van der Waals surface area contributed by atoms with E-state index in [2.05, 4.69) is 0 Å². The zero-order chi connectivity index (χ0) is 10.1. The summed E-state index contributed by atoms with van der Waals surface area (Å²) in [5.74, 6) is 0.105. The summed E-state index contributed by atoms with van der Waals surface area (Å²) >= 11 is 0. The lowest BCUT2D eigenvalue weighted by molar-refractivity contribution is -0.147. The third-order valence-corrected chi connectivity index (χ3v) is 2.03. The van der Waals surface area contributed by atoms with E-state index in [0.29, 0.717) is 11.5 Å². The van der Waals surface area contributed by atoms with Gasteiger partial charge in [0.25, 0.3) is 0 Å². The highest BCUT2D eigenvalue weighted by Gasteiger charge is 2.26. The van der Waals surface area contributed by atoms with Crippen molar-refractivity contribution in [2.24, 2.45) is 0 Å². The molecule has 0 saturated heterocycles. The molecule has 14 heavy (non-hydrogen) atoms. The monoisotopic (exact) mass is 194 g/mol. The minimum atomic E-state index is -1.00. The Morgan fingerprint density at radius 2 is 2.29 bits per heavy atom. The lowest BCUT2D eigenvalue weighted by Gasteiger charge is -2.23. The first kappa shape index (κ1) is 8.87. The van der Waals surface area contributed by atoms with Crippen LogP contribution in [0.3, 0.4) is 0 Å². The van der Waals surface area contributed by atoms with E-state index >= 15 is 0 Å². The smallest absolute Gasteiger partial charge is 0.348 e. The fourth-order valence-electron chi connectivity index (χ4n) is 1.30. The second kappa shape index (κ2) is 3.21. The lowest BCUT2D eigenvalue weighted by Crippen LogP contribution is -2.36. The molecule has 1 unspecified atom stereocenters. The molecule has 1 atom stereocenters. The van der Waals surface area contributed by atoms with Gasteiger partial charge in [-0.2, -0.15) is 0 Å². The van der Waals surface area contributed by atoms with Crippen LogP contribution in [0, 0.1) is 6.92 Å². The maximum atomic E-state index is 10.6. The van der Waals surface area contributed by atoms with E-state index in [1.54, 1.807) is 12.1 Å². The Kier molecular flexibility index (Phi) is 2.04. The summed E-state index contributed by atoms with van der Waals surface area (Å²) < 4.78 is 10.5. The van der Waals surface area contributed by atoms with Crippen LogP contribution in [-0.4, -0.2) is 23.8 Å². The van der Waals surface area contributed by atoms with Crippen molar-refractivity contribution in [2.45, 2.75) is 13.0 Å². The minimum absolute atomic E-state index is 0.0609. The highest BCUT2D eigenvalue weighted by Crippen LogP contribution is 2.32. The number of carboxylic acid groups (broad SMARTS) is 1. The summed E-state index contributed by atoms with van der Waals surface area (Å²) in [7, 11) is 0. The molecule has 0 bridgehead atoms. The molecule has 0 amide bonds. The van der Waals surface area contributed by atoms with E-state index in [0.717, 1.165) is 5.56 Å². The van der Waals surface area contributed by atoms with Crippen LogP contribution in [0.15, 0.2) is 18.2 Å². The number of benzene rings is 1. The number of aliphatic carboxylic acids is 1. The molecular weight excluding hydrogens is 184 g/mol. The van der Waals surface area contributed by atoms with E-state index in [4.69, 9.17) is 14.6 Å². The van der Waals surface area contributed by atoms with Gasteiger partial charge in [-0.1, -0.05) is 6.07 Å². The van der Waals surface area contributed by atoms with Gasteiger partial charge in [0.1, 0.15) is 6.61 Å². The average molecular weight is 194 g/mol. The highest BCUT2D eigenvalue weighted by atomic mass is 16.6. The first-order chi connectivity index (χ1) is 6.66. The van der Waals surface area contributed by atoms with E-state index in [1.165, 1.54) is 0 Å². The third-order valence-electron chi connectivity index (χ3n) is 2.03. The molecule has 2 rings (SSSR count). The Bertz CT molecular complexity index is 372. The standard InChI is InChI=1S/C10H10O4/c1-6-2-3-7-8(4-6)14-9(5-13-7)10(11)12/h2-4,9H,5H2,1H3,(H,11,12). The molecule has 0 saturated carbocycles. The van der Waals surface area contributed by atoms with Crippen LogP contribution in [0.1, 0.15) is 5.56 Å². The number of hydrogen-bond acceptors (Lipinski definition) is 3. The molecule has 1 aliphatic heterocycles. The largest absolute Gasteiger partial charge is 0.485 e. The van der Waals surface area contributed by atoms with Crippen LogP contribution in [0.2, 0.25) is 0 Å². The molecule has 4 nitrogen and oxygen atoms in total. The fraction of sp³-hybridized carbons (Fsp3) is 0.300. The van der Waals surface area contributed by atoms with Gasteiger partial charge < -0.3 is 14.6 Å². The zero-order valence-electron chi connectivity index (χ0n) is 7.69. The summed E-state index contributed by atoms with van der Waals surface area (Å²) in [6.07, 6.45) is -0.899. The van der Waals surface area contributed by atoms with Gasteiger partial charge in [0.05, 0.1) is 0 Å². The molecule has 1 aromatic rings. The van der Waals surface area contributed by atoms with Gasteiger partial charge in [-0.05, 0) is 24.6 Å². The van der Waals surface area contributed by atoms with Crippen molar-refractivity contribution >= 4 is 5.97 Å². The van der Waals surface area contributed by atoms with E-state index in [1.807, 2.05) is 13.0 Å². The summed E-state index contributed by atoms with van der Waals surface area (Å²) in [4.78, 5) is 10.6. The number of ether oxygens (including phenoxy) is 2. The number of fused-ring (bicyclic) bond motifs is 1. The van der Waals surface area contributed by atoms with E-state index in [-0.39, 0.29) is 6.61 Å². The molecule has 74 valence electrons. The zero-order valence-corrected chi connectivity index (χ0v) is 7.69. The molecule has 0 radical (unpaired) electrons. The Morgan fingerprint density at radius 1 is 1.50 bits per heavy atom. The highest BCUT2D eigenvalue weighted by molar-refractivity contribution is 5.73. The molecule has 0 spiro atoms. The maximum Gasteiger partial charge on any atom is 0.348 e. The molecule has 0 aliphatic carbocycles. The summed E-state index contributed by atoms with van der Waals surface area (Å²) in [6.45, 7) is 1.97. The number of rotatable bonds is 1. The molecular formula is C10H10O4. The van der Waals surface area contributed by atoms with Gasteiger partial charge in [-0.25, -0.2) is 4.79 Å². The predicted octanol–water partition coefficient (Wildman–Crippen LogP) is 1.22. The lowest BCUT2D eigenvalue weighted by atomic mass is 10.2. The second-order valence-electron chi connectivity index (χ2n) is 3.21. The minimum Gasteiger partial charge on any atom is -0.485 e. The van der Waals surface area contributed by atoms with E-state index in [9.17, 15) is 4.79 Å². The summed E-state index contributed by atoms with van der Waals surface area (Å²) in [6, 6.07) is 5.44. The number of carboxylic acids is 1. The van der Waals surface area contributed by atoms with Crippen LogP contribution in [0.4, 0.5) is 0 Å². The molecule has 0 fully saturated rings. The Balaban J connectivity index is 2.29. The van der Waals surface area contributed by atoms with Crippen molar-refractivity contribution in [3.8, 4) is 11.5 Å². The van der Waals surface area contributed by atoms with Gasteiger partial charge in [0, 0.05) is 0 Å². The first-order valence-corrected chi connectivity index (χ1v) is 4.30. The topological polar surface area (TPSA) is 55.8 Å². The van der Waals surface area contributed by atoms with Gasteiger partial charge in [0.2, 0.25) is 6.10 Å². The number of hydrogen-bond donors (Lipinski definition) is 1.